The van der Waals surface area contributed by atoms with Crippen LogP contribution in [0.15, 0.2) is 24.3 Å². The van der Waals surface area contributed by atoms with Gasteiger partial charge in [0.25, 0.3) is 0 Å². The highest BCUT2D eigenvalue weighted by molar-refractivity contribution is 6.29. The summed E-state index contributed by atoms with van der Waals surface area (Å²) >= 11 is 5.93. The summed E-state index contributed by atoms with van der Waals surface area (Å²) in [5.74, 6) is 1.24. The molecule has 1 aromatic carbocycles. The topological polar surface area (TPSA) is 37.8 Å². The van der Waals surface area contributed by atoms with Crippen molar-refractivity contribution in [2.24, 2.45) is 0 Å². The molecule has 1 heterocycles. The molecule has 0 radical (unpaired) electrons. The molecule has 2 aromatic rings. The van der Waals surface area contributed by atoms with Crippen LogP contribution in [0.1, 0.15) is 23.9 Å². The number of hydrogen-bond acceptors (Lipinski definition) is 3. The molecule has 5 heteroatoms. The van der Waals surface area contributed by atoms with Gasteiger partial charge in [0, 0.05) is 19.0 Å². The van der Waals surface area contributed by atoms with Gasteiger partial charge in [-0.1, -0.05) is 24.6 Å². The van der Waals surface area contributed by atoms with Gasteiger partial charge in [0.05, 0.1) is 0 Å². The van der Waals surface area contributed by atoms with Gasteiger partial charge in [-0.2, -0.15) is 0 Å². The lowest BCUT2D eigenvalue weighted by atomic mass is 10.1. The van der Waals surface area contributed by atoms with Gasteiger partial charge in [0.15, 0.2) is 0 Å². The monoisotopic (exact) mass is 293 g/mol. The zero-order valence-corrected chi connectivity index (χ0v) is 12.3. The molecule has 0 aliphatic carbocycles. The van der Waals surface area contributed by atoms with Crippen LogP contribution in [0.25, 0.3) is 0 Å². The van der Waals surface area contributed by atoms with Crippen molar-refractivity contribution in [2.45, 2.75) is 26.7 Å². The van der Waals surface area contributed by atoms with Crippen LogP contribution in [0.5, 0.6) is 0 Å². The third-order valence-corrected chi connectivity index (χ3v) is 3.26. The normalized spacial score (nSPS) is 10.6. The maximum Gasteiger partial charge on any atom is 0.134 e. The third kappa shape index (κ3) is 3.90. The van der Waals surface area contributed by atoms with Crippen LogP contribution in [-0.4, -0.2) is 16.5 Å². The molecule has 0 unspecified atom stereocenters. The maximum atomic E-state index is 13.0. The van der Waals surface area contributed by atoms with Crippen molar-refractivity contribution in [2.75, 3.05) is 11.9 Å². The standard InChI is InChI=1S/C15H17ClFN3/c1-3-14-19-13(16)9-15(20-14)18-7-6-11-4-5-12(17)8-10(11)2/h4-5,8-9H,3,6-7H2,1-2H3,(H,18,19,20). The molecule has 0 saturated heterocycles. The van der Waals surface area contributed by atoms with Crippen molar-refractivity contribution in [1.82, 2.24) is 9.97 Å². The zero-order chi connectivity index (χ0) is 14.5. The summed E-state index contributed by atoms with van der Waals surface area (Å²) in [6.45, 7) is 4.61. The smallest absolute Gasteiger partial charge is 0.134 e. The summed E-state index contributed by atoms with van der Waals surface area (Å²) in [4.78, 5) is 8.47. The first kappa shape index (κ1) is 14.7. The van der Waals surface area contributed by atoms with Crippen molar-refractivity contribution >= 4 is 17.4 Å². The first-order valence-corrected chi connectivity index (χ1v) is 6.98. The van der Waals surface area contributed by atoms with E-state index in [1.165, 1.54) is 6.07 Å². The maximum absolute atomic E-state index is 13.0. The molecule has 0 atom stereocenters. The van der Waals surface area contributed by atoms with E-state index in [0.29, 0.717) is 11.7 Å². The minimum atomic E-state index is -0.200. The predicted octanol–water partition coefficient (Wildman–Crippen LogP) is 3.79. The number of benzene rings is 1. The van der Waals surface area contributed by atoms with Crippen molar-refractivity contribution in [3.8, 4) is 0 Å². The number of aryl methyl sites for hydroxylation is 2. The summed E-state index contributed by atoms with van der Waals surface area (Å²) < 4.78 is 13.0. The Morgan fingerprint density at radius 2 is 2.05 bits per heavy atom. The molecule has 1 N–H and O–H groups in total. The third-order valence-electron chi connectivity index (χ3n) is 3.06. The molecule has 0 saturated carbocycles. The van der Waals surface area contributed by atoms with Gasteiger partial charge in [-0.3, -0.25) is 0 Å². The lowest BCUT2D eigenvalue weighted by molar-refractivity contribution is 0.625. The van der Waals surface area contributed by atoms with Gasteiger partial charge < -0.3 is 5.32 Å². The Hall–Kier alpha value is -1.68. The Morgan fingerprint density at radius 1 is 1.25 bits per heavy atom. The number of nitrogens with zero attached hydrogens (tertiary/aromatic N) is 2. The van der Waals surface area contributed by atoms with Crippen LogP contribution >= 0.6 is 11.6 Å². The highest BCUT2D eigenvalue weighted by atomic mass is 35.5. The lowest BCUT2D eigenvalue weighted by Crippen LogP contribution is -2.09. The molecule has 0 aliphatic rings. The highest BCUT2D eigenvalue weighted by Crippen LogP contribution is 2.14. The minimum Gasteiger partial charge on any atom is -0.370 e. The molecule has 0 aliphatic heterocycles. The van der Waals surface area contributed by atoms with Crippen LogP contribution in [-0.2, 0) is 12.8 Å². The molecule has 20 heavy (non-hydrogen) atoms. The quantitative estimate of drug-likeness (QED) is 0.852. The second-order valence-corrected chi connectivity index (χ2v) is 4.98. The fourth-order valence-electron chi connectivity index (χ4n) is 1.98. The fourth-order valence-corrected chi connectivity index (χ4v) is 2.18. The predicted molar refractivity (Wildman–Crippen MR) is 79.8 cm³/mol. The largest absolute Gasteiger partial charge is 0.370 e. The first-order valence-electron chi connectivity index (χ1n) is 6.61. The van der Waals surface area contributed by atoms with Crippen LogP contribution in [0.4, 0.5) is 10.2 Å². The number of aromatic nitrogens is 2. The van der Waals surface area contributed by atoms with Crippen molar-refractivity contribution in [1.29, 1.82) is 0 Å². The Morgan fingerprint density at radius 3 is 2.75 bits per heavy atom. The molecule has 1 aromatic heterocycles. The summed E-state index contributed by atoms with van der Waals surface area (Å²) in [6.07, 6.45) is 1.54. The van der Waals surface area contributed by atoms with Crippen LogP contribution in [0.2, 0.25) is 5.15 Å². The van der Waals surface area contributed by atoms with E-state index in [4.69, 9.17) is 11.6 Å². The van der Waals surface area contributed by atoms with Gasteiger partial charge in [0.1, 0.15) is 22.6 Å². The zero-order valence-electron chi connectivity index (χ0n) is 11.6. The average molecular weight is 294 g/mol. The van der Waals surface area contributed by atoms with Crippen molar-refractivity contribution in [3.05, 3.63) is 52.2 Å². The number of halogens is 2. The van der Waals surface area contributed by atoms with Gasteiger partial charge in [-0.05, 0) is 36.6 Å². The van der Waals surface area contributed by atoms with E-state index < -0.39 is 0 Å². The van der Waals surface area contributed by atoms with Gasteiger partial charge in [-0.15, -0.1) is 0 Å². The van der Waals surface area contributed by atoms with Crippen molar-refractivity contribution < 1.29 is 4.39 Å². The van der Waals surface area contributed by atoms with Crippen molar-refractivity contribution in [3.63, 3.8) is 0 Å². The van der Waals surface area contributed by atoms with Gasteiger partial charge in [-0.25, -0.2) is 14.4 Å². The molecule has 0 amide bonds. The van der Waals surface area contributed by atoms with Gasteiger partial charge >= 0.3 is 0 Å². The van der Waals surface area contributed by atoms with Crippen LogP contribution in [0, 0.1) is 12.7 Å². The van der Waals surface area contributed by atoms with E-state index in [-0.39, 0.29) is 5.82 Å². The summed E-state index contributed by atoms with van der Waals surface area (Å²) in [5.41, 5.74) is 2.08. The Bertz CT molecular complexity index is 602. The van der Waals surface area contributed by atoms with E-state index >= 15 is 0 Å². The van der Waals surface area contributed by atoms with Crippen LogP contribution in [0.3, 0.4) is 0 Å². The van der Waals surface area contributed by atoms with E-state index in [0.717, 1.165) is 35.6 Å². The Kier molecular flexibility index (Phi) is 4.90. The fraction of sp³-hybridized carbons (Fsp3) is 0.333. The SMILES string of the molecule is CCc1nc(Cl)cc(NCCc2ccc(F)cc2C)n1. The number of rotatable bonds is 5. The van der Waals surface area contributed by atoms with E-state index in [2.05, 4.69) is 15.3 Å². The Labute approximate surface area is 123 Å². The number of hydrogen-bond donors (Lipinski definition) is 1. The van der Waals surface area contributed by atoms with Gasteiger partial charge in [0.2, 0.25) is 0 Å². The Balaban J connectivity index is 1.97. The molecule has 0 bridgehead atoms. The second kappa shape index (κ2) is 6.66. The highest BCUT2D eigenvalue weighted by Gasteiger charge is 2.03. The molecule has 106 valence electrons. The number of nitrogens with one attached hydrogen (secondary N) is 1. The second-order valence-electron chi connectivity index (χ2n) is 4.59. The molecule has 2 rings (SSSR count). The summed E-state index contributed by atoms with van der Waals surface area (Å²) in [7, 11) is 0. The lowest BCUT2D eigenvalue weighted by Gasteiger charge is -2.09. The minimum absolute atomic E-state index is 0.200. The first-order chi connectivity index (χ1) is 9.58. The molecule has 0 spiro atoms. The van der Waals surface area contributed by atoms with E-state index in [9.17, 15) is 4.39 Å². The van der Waals surface area contributed by atoms with E-state index in [1.807, 2.05) is 19.9 Å². The molecular formula is C15H17ClFN3. The van der Waals surface area contributed by atoms with Crippen LogP contribution < -0.4 is 5.32 Å². The number of anilines is 1. The molecule has 3 nitrogen and oxygen atoms in total. The average Bonchev–Trinajstić information content (AvgIpc) is 2.40. The molecular weight excluding hydrogens is 277 g/mol. The van der Waals surface area contributed by atoms with E-state index in [1.54, 1.807) is 12.1 Å². The molecule has 0 fully saturated rings. The summed E-state index contributed by atoms with van der Waals surface area (Å²) in [5, 5.41) is 3.66. The summed E-state index contributed by atoms with van der Waals surface area (Å²) in [6, 6.07) is 6.56.